The maximum atomic E-state index is 10.9. The topological polar surface area (TPSA) is 89.7 Å². The van der Waals surface area contributed by atoms with Gasteiger partial charge in [-0.3, -0.25) is 4.99 Å². The number of aliphatic hydroxyl groups excluding tert-OH is 1. The molecule has 2 fully saturated rings. The summed E-state index contributed by atoms with van der Waals surface area (Å²) >= 11 is 17.6. The largest absolute Gasteiger partial charge is 0.507 e. The summed E-state index contributed by atoms with van der Waals surface area (Å²) in [6, 6.07) is 3.97. The van der Waals surface area contributed by atoms with Gasteiger partial charge in [0.15, 0.2) is 6.29 Å². The number of phenolic OH excluding ortho intramolecular Hbond substituents is 1. The van der Waals surface area contributed by atoms with Gasteiger partial charge in [-0.15, -0.1) is 0 Å². The molecule has 0 radical (unpaired) electrons. The molecule has 0 bridgehead atoms. The average Bonchev–Trinajstić information content (AvgIpc) is 3.25. The van der Waals surface area contributed by atoms with Gasteiger partial charge >= 0.3 is 0 Å². The van der Waals surface area contributed by atoms with Gasteiger partial charge in [0.25, 0.3) is 0 Å². The molecular weight excluding hydrogens is 505 g/mol. The van der Waals surface area contributed by atoms with E-state index in [-0.39, 0.29) is 23.1 Å². The van der Waals surface area contributed by atoms with Crippen molar-refractivity contribution in [1.29, 1.82) is 0 Å². The second-order valence-corrected chi connectivity index (χ2v) is 13.2. The summed E-state index contributed by atoms with van der Waals surface area (Å²) in [7, 11) is 1.48. The Labute approximate surface area is 216 Å². The van der Waals surface area contributed by atoms with Crippen molar-refractivity contribution < 1.29 is 29.2 Å². The van der Waals surface area contributed by atoms with Crippen LogP contribution in [0.5, 0.6) is 5.75 Å². The number of methoxy groups -OCH3 is 1. The molecule has 2 aliphatic heterocycles. The van der Waals surface area contributed by atoms with Crippen molar-refractivity contribution in [2.45, 2.75) is 93.2 Å². The van der Waals surface area contributed by atoms with Gasteiger partial charge in [-0.25, -0.2) is 0 Å². The predicted octanol–water partition coefficient (Wildman–Crippen LogP) is 4.62. The van der Waals surface area contributed by atoms with E-state index < -0.39 is 40.8 Å². The second-order valence-electron chi connectivity index (χ2n) is 10.8. The van der Waals surface area contributed by atoms with Crippen LogP contribution in [0.15, 0.2) is 17.1 Å². The van der Waals surface area contributed by atoms with Crippen molar-refractivity contribution in [1.82, 2.24) is 0 Å². The number of aliphatic imine (C=N–C) groups is 1. The van der Waals surface area contributed by atoms with E-state index in [0.717, 1.165) is 11.1 Å². The molecule has 1 aromatic carbocycles. The Bertz CT molecular complexity index is 906. The average molecular weight is 539 g/mol. The van der Waals surface area contributed by atoms with Gasteiger partial charge in [0.05, 0.1) is 6.54 Å². The van der Waals surface area contributed by atoms with Gasteiger partial charge in [0.2, 0.25) is 10.1 Å². The van der Waals surface area contributed by atoms with Crippen LogP contribution in [0.2, 0.25) is 0 Å². The molecule has 0 aliphatic carbocycles. The van der Waals surface area contributed by atoms with Crippen molar-refractivity contribution in [2.24, 2.45) is 4.99 Å². The van der Waals surface area contributed by atoms with Crippen LogP contribution in [-0.4, -0.2) is 70.9 Å². The van der Waals surface area contributed by atoms with E-state index >= 15 is 0 Å². The number of nitrogens with zero attached hydrogens (tertiary/aromatic N) is 1. The lowest BCUT2D eigenvalue weighted by atomic mass is 9.79. The molecule has 6 atom stereocenters. The molecule has 0 saturated carbocycles. The lowest BCUT2D eigenvalue weighted by Gasteiger charge is -2.27. The summed E-state index contributed by atoms with van der Waals surface area (Å²) in [5, 5.41) is 21.7. The van der Waals surface area contributed by atoms with Crippen molar-refractivity contribution in [2.75, 3.05) is 13.7 Å². The first-order chi connectivity index (χ1) is 15.5. The van der Waals surface area contributed by atoms with Crippen molar-refractivity contribution in [3.8, 4) is 5.75 Å². The van der Waals surface area contributed by atoms with Crippen molar-refractivity contribution in [3.63, 3.8) is 0 Å². The Morgan fingerprint density at radius 3 is 2.24 bits per heavy atom. The summed E-state index contributed by atoms with van der Waals surface area (Å²) in [5.41, 5.74) is 2.16. The van der Waals surface area contributed by atoms with Crippen LogP contribution < -0.4 is 0 Å². The molecule has 2 saturated heterocycles. The molecule has 192 valence electrons. The minimum atomic E-state index is -1.78. The smallest absolute Gasteiger partial charge is 0.241 e. The highest BCUT2D eigenvalue weighted by Crippen LogP contribution is 2.43. The molecule has 0 aromatic heterocycles. The Kier molecular flexibility index (Phi) is 8.23. The minimum Gasteiger partial charge on any atom is -0.507 e. The maximum absolute atomic E-state index is 10.9. The van der Waals surface area contributed by atoms with Crippen molar-refractivity contribution >= 4 is 41.0 Å². The first kappa shape index (κ1) is 27.9. The van der Waals surface area contributed by atoms with E-state index in [4.69, 9.17) is 53.8 Å². The Morgan fingerprint density at radius 2 is 1.71 bits per heavy atom. The quantitative estimate of drug-likeness (QED) is 0.420. The molecule has 0 amide bonds. The van der Waals surface area contributed by atoms with Gasteiger partial charge in [0, 0.05) is 24.5 Å². The zero-order chi connectivity index (χ0) is 25.6. The summed E-state index contributed by atoms with van der Waals surface area (Å²) in [5.74, 6) is 0.180. The van der Waals surface area contributed by atoms with Gasteiger partial charge in [0.1, 0.15) is 30.2 Å². The molecule has 3 rings (SSSR count). The van der Waals surface area contributed by atoms with E-state index in [1.165, 1.54) is 7.11 Å². The highest BCUT2D eigenvalue weighted by atomic mass is 35.6. The SMILES string of the molecule is CO[C@@H]1[C@H]2OC(C(Cl)(Cl)Cl)O[C@H]2O[C@H]1C(O)CN=Cc1cc(C(C)(C)C)cc(C(C)(C)C)c1O. The van der Waals surface area contributed by atoms with Gasteiger partial charge in [-0.2, -0.15) is 0 Å². The van der Waals surface area contributed by atoms with E-state index in [0.29, 0.717) is 5.56 Å². The number of halogens is 3. The Morgan fingerprint density at radius 1 is 1.06 bits per heavy atom. The molecule has 1 aromatic rings. The lowest BCUT2D eigenvalue weighted by molar-refractivity contribution is -0.186. The van der Waals surface area contributed by atoms with Crippen LogP contribution in [0, 0.1) is 0 Å². The molecular formula is C24H34Cl3NO6. The third-order valence-electron chi connectivity index (χ3n) is 6.00. The summed E-state index contributed by atoms with van der Waals surface area (Å²) in [6.07, 6.45) is -3.43. The normalized spacial score (nSPS) is 29.1. The number of ether oxygens (including phenoxy) is 4. The van der Waals surface area contributed by atoms with E-state index in [2.05, 4.69) is 46.5 Å². The molecule has 2 aliphatic rings. The molecule has 2 heterocycles. The van der Waals surface area contributed by atoms with E-state index in [9.17, 15) is 10.2 Å². The second kappa shape index (κ2) is 10.0. The summed E-state index contributed by atoms with van der Waals surface area (Å²) in [6.45, 7) is 12.5. The van der Waals surface area contributed by atoms with E-state index in [1.54, 1.807) is 6.21 Å². The number of phenols is 1. The molecule has 34 heavy (non-hydrogen) atoms. The Balaban J connectivity index is 1.75. The number of hydrogen-bond acceptors (Lipinski definition) is 7. The van der Waals surface area contributed by atoms with E-state index in [1.807, 2.05) is 12.1 Å². The highest BCUT2D eigenvalue weighted by Gasteiger charge is 2.57. The van der Waals surface area contributed by atoms with Crippen LogP contribution in [0.1, 0.15) is 58.2 Å². The predicted molar refractivity (Wildman–Crippen MR) is 133 cm³/mol. The summed E-state index contributed by atoms with van der Waals surface area (Å²) in [4.78, 5) is 4.39. The lowest BCUT2D eigenvalue weighted by Crippen LogP contribution is -2.43. The third kappa shape index (κ3) is 6.01. The fourth-order valence-corrected chi connectivity index (χ4v) is 4.36. The maximum Gasteiger partial charge on any atom is 0.241 e. The van der Waals surface area contributed by atoms with Gasteiger partial charge in [-0.05, 0) is 22.5 Å². The first-order valence-corrected chi connectivity index (χ1v) is 12.3. The standard InChI is InChI=1S/C24H34Cl3NO6/c1-22(2,3)13-8-12(16(30)14(9-13)23(4,5)6)10-28-11-15(29)17-18(31-7)19-20(32-17)34-21(33-19)24(25,26)27/h8-10,15,17-21,29-30H,11H2,1-7H3/t15?,17-,18-,19+,20+,21?/m0/s1. The van der Waals surface area contributed by atoms with Crippen LogP contribution in [0.4, 0.5) is 0 Å². The van der Waals surface area contributed by atoms with Crippen LogP contribution in [0.3, 0.4) is 0 Å². The summed E-state index contributed by atoms with van der Waals surface area (Å²) < 4.78 is 20.7. The monoisotopic (exact) mass is 537 g/mol. The van der Waals surface area contributed by atoms with Gasteiger partial charge < -0.3 is 29.2 Å². The van der Waals surface area contributed by atoms with Crippen molar-refractivity contribution in [3.05, 3.63) is 28.8 Å². The molecule has 2 N–H and O–H groups in total. The molecule has 2 unspecified atom stereocenters. The fraction of sp³-hybridized carbons (Fsp3) is 0.708. The number of fused-ring (bicyclic) bond motifs is 1. The number of hydrogen-bond donors (Lipinski definition) is 2. The third-order valence-corrected chi connectivity index (χ3v) is 6.54. The number of aromatic hydroxyl groups is 1. The fourth-order valence-electron chi connectivity index (χ4n) is 4.05. The van der Waals surface area contributed by atoms with Gasteiger partial charge in [-0.1, -0.05) is 82.4 Å². The Hall–Kier alpha value is -0.640. The molecule has 0 spiro atoms. The van der Waals surface area contributed by atoms with Crippen LogP contribution in [-0.2, 0) is 29.8 Å². The molecule has 7 nitrogen and oxygen atoms in total. The number of rotatable bonds is 5. The molecule has 10 heteroatoms. The van der Waals surface area contributed by atoms with Crippen LogP contribution >= 0.6 is 34.8 Å². The highest BCUT2D eigenvalue weighted by molar-refractivity contribution is 6.67. The zero-order valence-corrected chi connectivity index (χ0v) is 22.8. The number of aliphatic hydroxyl groups is 1. The first-order valence-electron chi connectivity index (χ1n) is 11.2. The minimum absolute atomic E-state index is 0.0158. The number of alkyl halides is 3. The zero-order valence-electron chi connectivity index (χ0n) is 20.5. The number of benzene rings is 1. The van der Waals surface area contributed by atoms with Crippen LogP contribution in [0.25, 0.3) is 0 Å².